The first-order chi connectivity index (χ1) is 12.2. The molecule has 1 aromatic carbocycles. The summed E-state index contributed by atoms with van der Waals surface area (Å²) in [6.45, 7) is 1.35. The minimum absolute atomic E-state index is 0.0454. The Hall–Kier alpha value is -1.99. The van der Waals surface area contributed by atoms with E-state index in [1.54, 1.807) is 18.2 Å². The van der Waals surface area contributed by atoms with Crippen molar-refractivity contribution >= 4 is 0 Å². The Morgan fingerprint density at radius 3 is 2.96 bits per heavy atom. The summed E-state index contributed by atoms with van der Waals surface area (Å²) in [5, 5.41) is 14.4. The van der Waals surface area contributed by atoms with Gasteiger partial charge in [0, 0.05) is 12.5 Å². The summed E-state index contributed by atoms with van der Waals surface area (Å²) in [4.78, 5) is 6.68. The van der Waals surface area contributed by atoms with Gasteiger partial charge in [-0.05, 0) is 44.4 Å². The van der Waals surface area contributed by atoms with E-state index in [-0.39, 0.29) is 18.4 Å². The molecule has 1 aliphatic heterocycles. The van der Waals surface area contributed by atoms with E-state index in [0.29, 0.717) is 18.3 Å². The van der Waals surface area contributed by atoms with Crippen LogP contribution in [0.5, 0.6) is 5.75 Å². The molecule has 0 radical (unpaired) electrons. The molecule has 2 atom stereocenters. The number of hydrogen-bond acceptors (Lipinski definition) is 6. The van der Waals surface area contributed by atoms with Gasteiger partial charge in [-0.2, -0.15) is 4.98 Å². The molecule has 1 aromatic heterocycles. The van der Waals surface area contributed by atoms with E-state index in [1.807, 2.05) is 0 Å². The molecule has 0 bridgehead atoms. The number of aromatic nitrogens is 2. The van der Waals surface area contributed by atoms with Crippen molar-refractivity contribution in [1.82, 2.24) is 15.0 Å². The van der Waals surface area contributed by atoms with Crippen LogP contribution in [0.3, 0.4) is 0 Å². The number of aliphatic hydroxyl groups excluding tert-OH is 1. The molecule has 0 spiro atoms. The molecule has 1 saturated heterocycles. The standard InChI is InChI=1S/C18H22FN3O3/c19-14-4-1-2-6-16(14)24-11-13(23)10-22-9-3-5-15(22)17-20-18(25-21-17)12-7-8-12/h1-2,4,6,12-13,15,23H,3,5,7-11H2/t13-,15+/m0/s1. The molecule has 1 aliphatic carbocycles. The highest BCUT2D eigenvalue weighted by Gasteiger charge is 2.34. The Morgan fingerprint density at radius 2 is 2.16 bits per heavy atom. The highest BCUT2D eigenvalue weighted by molar-refractivity contribution is 5.23. The fourth-order valence-electron chi connectivity index (χ4n) is 3.29. The maximum Gasteiger partial charge on any atom is 0.229 e. The van der Waals surface area contributed by atoms with Crippen molar-refractivity contribution in [3.8, 4) is 5.75 Å². The Morgan fingerprint density at radius 1 is 1.32 bits per heavy atom. The molecule has 6 nitrogen and oxygen atoms in total. The molecule has 2 fully saturated rings. The lowest BCUT2D eigenvalue weighted by Crippen LogP contribution is -2.35. The van der Waals surface area contributed by atoms with Crippen LogP contribution >= 0.6 is 0 Å². The van der Waals surface area contributed by atoms with E-state index in [9.17, 15) is 9.50 Å². The number of halogens is 1. The van der Waals surface area contributed by atoms with E-state index in [4.69, 9.17) is 9.26 Å². The van der Waals surface area contributed by atoms with Gasteiger partial charge >= 0.3 is 0 Å². The first-order valence-electron chi connectivity index (χ1n) is 8.83. The lowest BCUT2D eigenvalue weighted by Gasteiger charge is -2.24. The number of ether oxygens (including phenoxy) is 1. The zero-order valence-corrected chi connectivity index (χ0v) is 14.0. The molecule has 1 saturated carbocycles. The number of nitrogens with zero attached hydrogens (tertiary/aromatic N) is 3. The minimum Gasteiger partial charge on any atom is -0.488 e. The van der Waals surface area contributed by atoms with Gasteiger partial charge in [-0.15, -0.1) is 0 Å². The van der Waals surface area contributed by atoms with E-state index >= 15 is 0 Å². The first-order valence-corrected chi connectivity index (χ1v) is 8.83. The van der Waals surface area contributed by atoms with Crippen LogP contribution in [-0.4, -0.2) is 45.9 Å². The Labute approximate surface area is 145 Å². The van der Waals surface area contributed by atoms with Gasteiger partial charge in [0.15, 0.2) is 17.4 Å². The molecule has 0 amide bonds. The second kappa shape index (κ2) is 7.09. The van der Waals surface area contributed by atoms with Gasteiger partial charge in [-0.1, -0.05) is 17.3 Å². The van der Waals surface area contributed by atoms with Crippen LogP contribution in [0.15, 0.2) is 28.8 Å². The second-order valence-electron chi connectivity index (χ2n) is 6.81. The van der Waals surface area contributed by atoms with Crippen LogP contribution in [0.25, 0.3) is 0 Å². The van der Waals surface area contributed by atoms with Crippen molar-refractivity contribution in [2.24, 2.45) is 0 Å². The van der Waals surface area contributed by atoms with E-state index in [1.165, 1.54) is 6.07 Å². The number of benzene rings is 1. The Balaban J connectivity index is 1.33. The van der Waals surface area contributed by atoms with Crippen molar-refractivity contribution in [1.29, 1.82) is 0 Å². The monoisotopic (exact) mass is 347 g/mol. The van der Waals surface area contributed by atoms with Crippen molar-refractivity contribution in [2.45, 2.75) is 43.7 Å². The fraction of sp³-hybridized carbons (Fsp3) is 0.556. The van der Waals surface area contributed by atoms with Gasteiger partial charge in [-0.3, -0.25) is 4.90 Å². The van der Waals surface area contributed by atoms with Crippen molar-refractivity contribution in [3.05, 3.63) is 41.8 Å². The molecule has 2 heterocycles. The minimum atomic E-state index is -0.713. The Bertz CT molecular complexity index is 719. The third kappa shape index (κ3) is 3.82. The maximum atomic E-state index is 13.6. The normalized spacial score (nSPS) is 22.2. The molecule has 2 aliphatic rings. The highest BCUT2D eigenvalue weighted by atomic mass is 19.1. The summed E-state index contributed by atoms with van der Waals surface area (Å²) in [6.07, 6.45) is 3.52. The van der Waals surface area contributed by atoms with Crippen LogP contribution in [0.4, 0.5) is 4.39 Å². The molecular weight excluding hydrogens is 325 g/mol. The molecule has 4 rings (SSSR count). The SMILES string of the molecule is O[C@H](COc1ccccc1F)CN1CCC[C@@H]1c1noc(C2CC2)n1. The highest BCUT2D eigenvalue weighted by Crippen LogP contribution is 2.40. The van der Waals surface area contributed by atoms with Gasteiger partial charge in [0.05, 0.1) is 6.04 Å². The van der Waals surface area contributed by atoms with E-state index in [2.05, 4.69) is 15.0 Å². The summed E-state index contributed by atoms with van der Waals surface area (Å²) < 4.78 is 24.3. The number of hydrogen-bond donors (Lipinski definition) is 1. The van der Waals surface area contributed by atoms with Gasteiger partial charge in [-0.25, -0.2) is 4.39 Å². The fourth-order valence-corrected chi connectivity index (χ4v) is 3.29. The van der Waals surface area contributed by atoms with Crippen molar-refractivity contribution in [2.75, 3.05) is 19.7 Å². The van der Waals surface area contributed by atoms with Gasteiger partial charge in [0.2, 0.25) is 5.89 Å². The van der Waals surface area contributed by atoms with Crippen LogP contribution in [0, 0.1) is 5.82 Å². The smallest absolute Gasteiger partial charge is 0.229 e. The predicted molar refractivity (Wildman–Crippen MR) is 87.7 cm³/mol. The zero-order valence-electron chi connectivity index (χ0n) is 14.0. The molecule has 7 heteroatoms. The molecule has 0 unspecified atom stereocenters. The van der Waals surface area contributed by atoms with Gasteiger partial charge in [0.1, 0.15) is 12.7 Å². The van der Waals surface area contributed by atoms with E-state index in [0.717, 1.165) is 38.1 Å². The summed E-state index contributed by atoms with van der Waals surface area (Å²) in [5.41, 5.74) is 0. The first kappa shape index (κ1) is 16.5. The molecule has 134 valence electrons. The van der Waals surface area contributed by atoms with Crippen molar-refractivity contribution < 1.29 is 18.8 Å². The third-order valence-corrected chi connectivity index (χ3v) is 4.76. The van der Waals surface area contributed by atoms with Crippen LogP contribution in [-0.2, 0) is 0 Å². The molecule has 1 N–H and O–H groups in total. The second-order valence-corrected chi connectivity index (χ2v) is 6.81. The number of rotatable bonds is 7. The molecule has 2 aromatic rings. The third-order valence-electron chi connectivity index (χ3n) is 4.76. The Kier molecular flexibility index (Phi) is 4.67. The summed E-state index contributed by atoms with van der Waals surface area (Å²) >= 11 is 0. The number of likely N-dealkylation sites (tertiary alicyclic amines) is 1. The molecular formula is C18H22FN3O3. The summed E-state index contributed by atoms with van der Waals surface area (Å²) in [5.74, 6) is 1.63. The largest absolute Gasteiger partial charge is 0.488 e. The maximum absolute atomic E-state index is 13.6. The summed E-state index contributed by atoms with van der Waals surface area (Å²) in [6, 6.07) is 6.27. The average Bonchev–Trinajstić information content (AvgIpc) is 3.16. The van der Waals surface area contributed by atoms with Crippen LogP contribution in [0.2, 0.25) is 0 Å². The van der Waals surface area contributed by atoms with E-state index < -0.39 is 11.9 Å². The number of para-hydroxylation sites is 1. The number of β-amino-alcohol motifs (C(OH)–C–C–N with tert-alkyl or cyclic N) is 1. The molecule has 25 heavy (non-hydrogen) atoms. The number of aliphatic hydroxyl groups is 1. The predicted octanol–water partition coefficient (Wildman–Crippen LogP) is 2.66. The topological polar surface area (TPSA) is 71.6 Å². The van der Waals surface area contributed by atoms with Crippen LogP contribution < -0.4 is 4.74 Å². The zero-order chi connectivity index (χ0) is 17.2. The van der Waals surface area contributed by atoms with Crippen LogP contribution in [0.1, 0.15) is 49.4 Å². The summed E-state index contributed by atoms with van der Waals surface area (Å²) in [7, 11) is 0. The van der Waals surface area contributed by atoms with Gasteiger partial charge < -0.3 is 14.4 Å². The quantitative estimate of drug-likeness (QED) is 0.830. The van der Waals surface area contributed by atoms with Crippen molar-refractivity contribution in [3.63, 3.8) is 0 Å². The lowest BCUT2D eigenvalue weighted by molar-refractivity contribution is 0.0611. The van der Waals surface area contributed by atoms with Gasteiger partial charge in [0.25, 0.3) is 0 Å². The average molecular weight is 347 g/mol. The lowest BCUT2D eigenvalue weighted by atomic mass is 10.2.